The van der Waals surface area contributed by atoms with Crippen LogP contribution in [0.5, 0.6) is 0 Å². The Morgan fingerprint density at radius 1 is 1.00 bits per heavy atom. The molecule has 0 saturated carbocycles. The van der Waals surface area contributed by atoms with Crippen molar-refractivity contribution >= 4 is 35.1 Å². The second kappa shape index (κ2) is 5.23. The van der Waals surface area contributed by atoms with E-state index >= 15 is 0 Å². The molecule has 0 fully saturated rings. The third kappa shape index (κ3) is 3.52. The molecule has 0 amide bonds. The summed E-state index contributed by atoms with van der Waals surface area (Å²) in [4.78, 5) is 21.0. The van der Waals surface area contributed by atoms with Gasteiger partial charge in [-0.25, -0.2) is 0 Å². The van der Waals surface area contributed by atoms with E-state index in [2.05, 4.69) is 0 Å². The number of esters is 2. The quantitative estimate of drug-likeness (QED) is 0.582. The lowest BCUT2D eigenvalue weighted by molar-refractivity contribution is -0.197. The molecule has 16 heavy (non-hydrogen) atoms. The highest BCUT2D eigenvalue weighted by atomic mass is 35.5. The van der Waals surface area contributed by atoms with Crippen molar-refractivity contribution < 1.29 is 19.1 Å². The van der Waals surface area contributed by atoms with E-state index in [-0.39, 0.29) is 0 Å². The van der Waals surface area contributed by atoms with Gasteiger partial charge in [-0.1, -0.05) is 0 Å². The molecule has 0 aromatic heterocycles. The first-order valence-electron chi connectivity index (χ1n) is 4.70. The zero-order valence-electron chi connectivity index (χ0n) is 9.97. The maximum Gasteiger partial charge on any atom is 0.303 e. The van der Waals surface area contributed by atoms with Gasteiger partial charge in [-0.05, 0) is 20.8 Å². The Morgan fingerprint density at radius 2 is 1.38 bits per heavy atom. The van der Waals surface area contributed by atoms with Gasteiger partial charge in [0.1, 0.15) is 5.60 Å². The lowest BCUT2D eigenvalue weighted by Gasteiger charge is -2.42. The SMILES string of the molecule is CC(=O)OC(C)(C)C(C)(OC(C)=O)C(Cl)Cl. The lowest BCUT2D eigenvalue weighted by atomic mass is 9.88. The van der Waals surface area contributed by atoms with E-state index in [0.717, 1.165) is 0 Å². The lowest BCUT2D eigenvalue weighted by Crippen LogP contribution is -2.57. The zero-order chi connectivity index (χ0) is 13.1. The molecule has 0 heterocycles. The van der Waals surface area contributed by atoms with Crippen molar-refractivity contribution in [3.05, 3.63) is 0 Å². The molecule has 0 aliphatic carbocycles. The molecule has 0 aliphatic rings. The molecule has 0 bridgehead atoms. The minimum atomic E-state index is -1.31. The molecule has 0 spiro atoms. The van der Waals surface area contributed by atoms with Gasteiger partial charge in [0, 0.05) is 13.8 Å². The van der Waals surface area contributed by atoms with Gasteiger partial charge in [-0.15, -0.1) is 23.2 Å². The van der Waals surface area contributed by atoms with Crippen LogP contribution in [0.15, 0.2) is 0 Å². The van der Waals surface area contributed by atoms with Crippen LogP contribution in [0.25, 0.3) is 0 Å². The maximum atomic E-state index is 11.0. The average molecular weight is 271 g/mol. The smallest absolute Gasteiger partial charge is 0.303 e. The highest BCUT2D eigenvalue weighted by molar-refractivity contribution is 6.45. The monoisotopic (exact) mass is 270 g/mol. The first-order chi connectivity index (χ1) is 7.03. The molecular weight excluding hydrogens is 255 g/mol. The molecule has 0 aromatic carbocycles. The second-order valence-corrected chi connectivity index (χ2v) is 5.20. The normalized spacial score (nSPS) is 15.5. The molecule has 0 rings (SSSR count). The summed E-state index contributed by atoms with van der Waals surface area (Å²) in [6.07, 6.45) is 0. The van der Waals surface area contributed by atoms with Gasteiger partial charge in [0.05, 0.1) is 0 Å². The van der Waals surface area contributed by atoms with Crippen molar-refractivity contribution in [2.75, 3.05) is 0 Å². The predicted octanol–water partition coefficient (Wildman–Crippen LogP) is 2.45. The number of ether oxygens (including phenoxy) is 2. The number of halogens is 2. The summed E-state index contributed by atoms with van der Waals surface area (Å²) in [7, 11) is 0. The van der Waals surface area contributed by atoms with Crippen LogP contribution in [0, 0.1) is 0 Å². The van der Waals surface area contributed by atoms with Gasteiger partial charge in [0.15, 0.2) is 10.4 Å². The summed E-state index contributed by atoms with van der Waals surface area (Å²) in [5.74, 6) is -1.05. The maximum absolute atomic E-state index is 11.0. The van der Waals surface area contributed by atoms with Crippen LogP contribution in [-0.4, -0.2) is 28.0 Å². The van der Waals surface area contributed by atoms with Crippen molar-refractivity contribution in [3.63, 3.8) is 0 Å². The van der Waals surface area contributed by atoms with Gasteiger partial charge in [0.25, 0.3) is 0 Å². The van der Waals surface area contributed by atoms with Crippen molar-refractivity contribution in [2.24, 2.45) is 0 Å². The molecule has 4 nitrogen and oxygen atoms in total. The summed E-state index contributed by atoms with van der Waals surface area (Å²) in [6.45, 7) is 7.16. The first kappa shape index (κ1) is 15.5. The molecule has 0 aromatic rings. The van der Waals surface area contributed by atoms with Crippen molar-refractivity contribution in [1.82, 2.24) is 0 Å². The molecular formula is C10H16Cl2O4. The topological polar surface area (TPSA) is 52.6 Å². The highest BCUT2D eigenvalue weighted by Crippen LogP contribution is 2.37. The van der Waals surface area contributed by atoms with Crippen LogP contribution in [-0.2, 0) is 19.1 Å². The summed E-state index contributed by atoms with van der Waals surface area (Å²) >= 11 is 11.6. The van der Waals surface area contributed by atoms with Crippen molar-refractivity contribution in [2.45, 2.75) is 50.7 Å². The van der Waals surface area contributed by atoms with E-state index in [1.54, 1.807) is 13.8 Å². The summed E-state index contributed by atoms with van der Waals surface area (Å²) < 4.78 is 10.2. The van der Waals surface area contributed by atoms with E-state index < -0.39 is 28.0 Å². The van der Waals surface area contributed by atoms with E-state index in [9.17, 15) is 9.59 Å². The van der Waals surface area contributed by atoms with Gasteiger partial charge in [-0.3, -0.25) is 9.59 Å². The van der Waals surface area contributed by atoms with Crippen LogP contribution in [0.3, 0.4) is 0 Å². The van der Waals surface area contributed by atoms with Crippen LogP contribution in [0.4, 0.5) is 0 Å². The molecule has 94 valence electrons. The Labute approximate surface area is 105 Å². The van der Waals surface area contributed by atoms with Crippen LogP contribution < -0.4 is 0 Å². The van der Waals surface area contributed by atoms with Gasteiger partial charge in [-0.2, -0.15) is 0 Å². The Bertz CT molecular complexity index is 289. The largest absolute Gasteiger partial charge is 0.455 e. The zero-order valence-corrected chi connectivity index (χ0v) is 11.5. The van der Waals surface area contributed by atoms with Gasteiger partial charge in [0.2, 0.25) is 0 Å². The standard InChI is InChI=1S/C10H16Cl2O4/c1-6(13)15-9(3,4)10(5,8(11)12)16-7(2)14/h8H,1-5H3. The Morgan fingerprint density at radius 3 is 1.62 bits per heavy atom. The van der Waals surface area contributed by atoms with Gasteiger partial charge >= 0.3 is 11.9 Å². The molecule has 6 heteroatoms. The summed E-state index contributed by atoms with van der Waals surface area (Å²) in [5, 5.41) is 0. The highest BCUT2D eigenvalue weighted by Gasteiger charge is 2.51. The molecule has 0 saturated heterocycles. The third-order valence-electron chi connectivity index (χ3n) is 2.37. The summed E-state index contributed by atoms with van der Waals surface area (Å²) in [5.41, 5.74) is -2.44. The number of carbonyl (C=O) groups is 2. The Hall–Kier alpha value is -0.480. The van der Waals surface area contributed by atoms with Crippen LogP contribution in [0.1, 0.15) is 34.6 Å². The first-order valence-corrected chi connectivity index (χ1v) is 5.57. The number of alkyl halides is 2. The Balaban J connectivity index is 5.16. The fourth-order valence-electron chi connectivity index (χ4n) is 1.19. The van der Waals surface area contributed by atoms with Crippen molar-refractivity contribution in [3.8, 4) is 0 Å². The third-order valence-corrected chi connectivity index (χ3v) is 3.20. The molecule has 0 radical (unpaired) electrons. The average Bonchev–Trinajstić information content (AvgIpc) is 1.99. The fourth-order valence-corrected chi connectivity index (χ4v) is 1.80. The second-order valence-electron chi connectivity index (χ2n) is 4.11. The van der Waals surface area contributed by atoms with Crippen LogP contribution >= 0.6 is 23.2 Å². The van der Waals surface area contributed by atoms with E-state index in [1.165, 1.54) is 20.8 Å². The van der Waals surface area contributed by atoms with E-state index in [4.69, 9.17) is 32.7 Å². The molecule has 1 atom stereocenters. The number of hydrogen-bond acceptors (Lipinski definition) is 4. The van der Waals surface area contributed by atoms with Crippen LogP contribution in [0.2, 0.25) is 0 Å². The fraction of sp³-hybridized carbons (Fsp3) is 0.800. The van der Waals surface area contributed by atoms with E-state index in [0.29, 0.717) is 0 Å². The van der Waals surface area contributed by atoms with E-state index in [1.807, 2.05) is 0 Å². The number of rotatable bonds is 4. The minimum Gasteiger partial charge on any atom is -0.455 e. The predicted molar refractivity (Wildman–Crippen MR) is 61.5 cm³/mol. The van der Waals surface area contributed by atoms with Crippen molar-refractivity contribution in [1.29, 1.82) is 0 Å². The Kier molecular flexibility index (Phi) is 5.08. The molecule has 0 aliphatic heterocycles. The summed E-state index contributed by atoms with van der Waals surface area (Å²) in [6, 6.07) is 0. The molecule has 0 N–H and O–H groups in total. The minimum absolute atomic E-state index is 0.502. The molecule has 1 unspecified atom stereocenters. The number of hydrogen-bond donors (Lipinski definition) is 0. The van der Waals surface area contributed by atoms with Gasteiger partial charge < -0.3 is 9.47 Å². The number of carbonyl (C=O) groups excluding carboxylic acids is 2.